The van der Waals surface area contributed by atoms with Crippen molar-refractivity contribution in [3.63, 3.8) is 0 Å². The van der Waals surface area contributed by atoms with Crippen LogP contribution in [-0.4, -0.2) is 37.1 Å². The van der Waals surface area contributed by atoms with Crippen molar-refractivity contribution in [1.29, 1.82) is 0 Å². The first kappa shape index (κ1) is 11.9. The lowest BCUT2D eigenvalue weighted by atomic mass is 9.59. The van der Waals surface area contributed by atoms with Gasteiger partial charge in [-0.05, 0) is 37.8 Å². The molecule has 3 nitrogen and oxygen atoms in total. The van der Waals surface area contributed by atoms with Crippen LogP contribution in [0.15, 0.2) is 0 Å². The molecule has 1 aliphatic carbocycles. The predicted molar refractivity (Wildman–Crippen MR) is 63.1 cm³/mol. The number of likely N-dealkylation sites (tertiary alicyclic amines) is 1. The van der Waals surface area contributed by atoms with E-state index in [0.717, 1.165) is 19.5 Å². The highest BCUT2D eigenvalue weighted by Crippen LogP contribution is 2.49. The quantitative estimate of drug-likeness (QED) is 0.674. The third kappa shape index (κ3) is 1.97. The lowest BCUT2D eigenvalue weighted by Gasteiger charge is -2.55. The van der Waals surface area contributed by atoms with E-state index >= 15 is 0 Å². The number of rotatable bonds is 2. The van der Waals surface area contributed by atoms with Crippen LogP contribution in [0.4, 0.5) is 0 Å². The topological polar surface area (TPSA) is 29.5 Å². The maximum Gasteiger partial charge on any atom is 0.310 e. The van der Waals surface area contributed by atoms with Crippen LogP contribution in [0, 0.1) is 11.3 Å². The lowest BCUT2D eigenvalue weighted by molar-refractivity contribution is -0.164. The summed E-state index contributed by atoms with van der Waals surface area (Å²) in [5.41, 5.74) is 0.274. The molecule has 1 saturated carbocycles. The van der Waals surface area contributed by atoms with E-state index < -0.39 is 0 Å². The average molecular weight is 225 g/mol. The van der Waals surface area contributed by atoms with Gasteiger partial charge in [-0.3, -0.25) is 9.69 Å². The van der Waals surface area contributed by atoms with E-state index in [1.165, 1.54) is 26.4 Å². The molecular formula is C13H23NO2. The molecule has 1 aliphatic heterocycles. The molecule has 0 aromatic carbocycles. The van der Waals surface area contributed by atoms with Crippen molar-refractivity contribution >= 4 is 5.97 Å². The van der Waals surface area contributed by atoms with E-state index in [2.05, 4.69) is 18.7 Å². The van der Waals surface area contributed by atoms with E-state index in [-0.39, 0.29) is 17.3 Å². The van der Waals surface area contributed by atoms with Crippen LogP contribution in [0.5, 0.6) is 0 Å². The van der Waals surface area contributed by atoms with Gasteiger partial charge in [0.15, 0.2) is 0 Å². The van der Waals surface area contributed by atoms with Crippen molar-refractivity contribution in [2.75, 3.05) is 20.2 Å². The Balaban J connectivity index is 2.05. The summed E-state index contributed by atoms with van der Waals surface area (Å²) < 4.78 is 4.90. The van der Waals surface area contributed by atoms with Gasteiger partial charge in [0, 0.05) is 6.04 Å². The summed E-state index contributed by atoms with van der Waals surface area (Å²) in [5.74, 6) is 0.0907. The van der Waals surface area contributed by atoms with E-state index in [0.29, 0.717) is 6.04 Å². The fourth-order valence-corrected chi connectivity index (χ4v) is 3.49. The van der Waals surface area contributed by atoms with Crippen LogP contribution in [-0.2, 0) is 9.53 Å². The van der Waals surface area contributed by atoms with Gasteiger partial charge in [0.05, 0.1) is 13.0 Å². The minimum Gasteiger partial charge on any atom is -0.469 e. The molecule has 0 unspecified atom stereocenters. The molecule has 1 heterocycles. The van der Waals surface area contributed by atoms with Gasteiger partial charge >= 0.3 is 5.97 Å². The summed E-state index contributed by atoms with van der Waals surface area (Å²) in [6.07, 6.45) is 4.87. The fraction of sp³-hybridized carbons (Fsp3) is 0.923. The first-order valence-corrected chi connectivity index (χ1v) is 6.38. The third-order valence-corrected chi connectivity index (χ3v) is 4.22. The summed E-state index contributed by atoms with van der Waals surface area (Å²) in [5, 5.41) is 0. The highest BCUT2D eigenvalue weighted by Gasteiger charge is 2.53. The van der Waals surface area contributed by atoms with E-state index in [1.807, 2.05) is 0 Å². The molecule has 2 aliphatic rings. The molecule has 0 spiro atoms. The summed E-state index contributed by atoms with van der Waals surface area (Å²) in [6, 6.07) is 0.403. The predicted octanol–water partition coefficient (Wildman–Crippen LogP) is 2.06. The SMILES string of the molecule is COC(=O)[C@H]1CC(C)(C)[C@@H]1N1CCCCC1. The lowest BCUT2D eigenvalue weighted by Crippen LogP contribution is -2.62. The highest BCUT2D eigenvalue weighted by molar-refractivity contribution is 5.74. The molecular weight excluding hydrogens is 202 g/mol. The molecule has 0 aromatic heterocycles. The zero-order valence-corrected chi connectivity index (χ0v) is 10.7. The molecule has 3 heteroatoms. The van der Waals surface area contributed by atoms with Crippen LogP contribution in [0.25, 0.3) is 0 Å². The Morgan fingerprint density at radius 2 is 1.88 bits per heavy atom. The summed E-state index contributed by atoms with van der Waals surface area (Å²) in [4.78, 5) is 14.2. The Morgan fingerprint density at radius 3 is 2.38 bits per heavy atom. The molecule has 92 valence electrons. The second-order valence-electron chi connectivity index (χ2n) is 5.86. The van der Waals surface area contributed by atoms with Gasteiger partial charge in [-0.25, -0.2) is 0 Å². The monoisotopic (exact) mass is 225 g/mol. The summed E-state index contributed by atoms with van der Waals surface area (Å²) in [6.45, 7) is 6.85. The molecule has 1 saturated heterocycles. The van der Waals surface area contributed by atoms with Crippen molar-refractivity contribution in [2.45, 2.75) is 45.6 Å². The fourth-order valence-electron chi connectivity index (χ4n) is 3.49. The van der Waals surface area contributed by atoms with Crippen molar-refractivity contribution in [3.05, 3.63) is 0 Å². The van der Waals surface area contributed by atoms with E-state index in [9.17, 15) is 4.79 Å². The molecule has 0 aromatic rings. The van der Waals surface area contributed by atoms with Crippen molar-refractivity contribution in [3.8, 4) is 0 Å². The van der Waals surface area contributed by atoms with Gasteiger partial charge in [-0.2, -0.15) is 0 Å². The Morgan fingerprint density at radius 1 is 1.25 bits per heavy atom. The van der Waals surface area contributed by atoms with Gasteiger partial charge in [0.1, 0.15) is 0 Å². The number of piperidine rings is 1. The van der Waals surface area contributed by atoms with Crippen LogP contribution in [0.1, 0.15) is 39.5 Å². The number of carbonyl (C=O) groups excluding carboxylic acids is 1. The van der Waals surface area contributed by atoms with Gasteiger partial charge in [-0.1, -0.05) is 20.3 Å². The Hall–Kier alpha value is -0.570. The first-order chi connectivity index (χ1) is 7.56. The maximum absolute atomic E-state index is 11.7. The first-order valence-electron chi connectivity index (χ1n) is 6.38. The van der Waals surface area contributed by atoms with E-state index in [1.54, 1.807) is 0 Å². The number of nitrogens with zero attached hydrogens (tertiary/aromatic N) is 1. The molecule has 2 rings (SSSR count). The zero-order valence-electron chi connectivity index (χ0n) is 10.7. The Kier molecular flexibility index (Phi) is 3.24. The zero-order chi connectivity index (χ0) is 11.8. The number of ether oxygens (including phenoxy) is 1. The standard InChI is InChI=1S/C13H23NO2/c1-13(2)9-10(12(15)16-3)11(13)14-7-5-4-6-8-14/h10-11H,4-9H2,1-3H3/t10-,11+/m0/s1. The smallest absolute Gasteiger partial charge is 0.310 e. The summed E-state index contributed by atoms with van der Waals surface area (Å²) in [7, 11) is 1.50. The van der Waals surface area contributed by atoms with Gasteiger partial charge in [-0.15, -0.1) is 0 Å². The van der Waals surface area contributed by atoms with Crippen LogP contribution in [0.3, 0.4) is 0 Å². The Bertz CT molecular complexity index is 269. The third-order valence-electron chi connectivity index (χ3n) is 4.22. The second kappa shape index (κ2) is 4.36. The number of esters is 1. The highest BCUT2D eigenvalue weighted by atomic mass is 16.5. The number of methoxy groups -OCH3 is 1. The minimum absolute atomic E-state index is 0.0186. The molecule has 0 radical (unpaired) electrons. The second-order valence-corrected chi connectivity index (χ2v) is 5.86. The van der Waals surface area contributed by atoms with Gasteiger partial charge in [0.25, 0.3) is 0 Å². The van der Waals surface area contributed by atoms with Crippen molar-refractivity contribution in [1.82, 2.24) is 4.90 Å². The van der Waals surface area contributed by atoms with Crippen LogP contribution >= 0.6 is 0 Å². The van der Waals surface area contributed by atoms with Crippen LogP contribution in [0.2, 0.25) is 0 Å². The normalized spacial score (nSPS) is 34.2. The maximum atomic E-state index is 11.7. The van der Waals surface area contributed by atoms with Gasteiger partial charge < -0.3 is 4.74 Å². The van der Waals surface area contributed by atoms with E-state index in [4.69, 9.17) is 4.74 Å². The Labute approximate surface area is 98.1 Å². The number of hydrogen-bond acceptors (Lipinski definition) is 3. The largest absolute Gasteiger partial charge is 0.469 e. The molecule has 2 atom stereocenters. The number of hydrogen-bond donors (Lipinski definition) is 0. The number of carbonyl (C=O) groups is 1. The molecule has 2 fully saturated rings. The summed E-state index contributed by atoms with van der Waals surface area (Å²) >= 11 is 0. The molecule has 0 amide bonds. The van der Waals surface area contributed by atoms with Crippen molar-refractivity contribution in [2.24, 2.45) is 11.3 Å². The minimum atomic E-state index is -0.0186. The molecule has 0 bridgehead atoms. The molecule has 16 heavy (non-hydrogen) atoms. The van der Waals surface area contributed by atoms with Crippen molar-refractivity contribution < 1.29 is 9.53 Å². The molecule has 0 N–H and O–H groups in total. The van der Waals surface area contributed by atoms with Gasteiger partial charge in [0.2, 0.25) is 0 Å². The van der Waals surface area contributed by atoms with Crippen LogP contribution < -0.4 is 0 Å². The average Bonchev–Trinajstić information content (AvgIpc) is 2.26.